The van der Waals surface area contributed by atoms with Gasteiger partial charge in [-0.05, 0) is 39.7 Å². The highest BCUT2D eigenvalue weighted by Crippen LogP contribution is 2.42. The monoisotopic (exact) mass is 297 g/mol. The molecule has 1 aromatic carbocycles. The average molecular weight is 298 g/mol. The largest absolute Gasteiger partial charge is 0.385 e. The van der Waals surface area contributed by atoms with Crippen molar-refractivity contribution in [3.05, 3.63) is 35.9 Å². The van der Waals surface area contributed by atoms with Crippen LogP contribution in [-0.2, 0) is 5.60 Å². The summed E-state index contributed by atoms with van der Waals surface area (Å²) in [6.07, 6.45) is 0.805. The van der Waals surface area contributed by atoms with Gasteiger partial charge in [0.25, 0.3) is 0 Å². The molecular formula is C17H28ClNO. The predicted molar refractivity (Wildman–Crippen MR) is 87.3 cm³/mol. The summed E-state index contributed by atoms with van der Waals surface area (Å²) in [6, 6.07) is 10.5. The lowest BCUT2D eigenvalue weighted by Gasteiger charge is -2.52. The molecule has 0 aromatic heterocycles. The fraction of sp³-hybridized carbons (Fsp3) is 0.647. The Hall–Kier alpha value is -0.570. The molecule has 0 spiro atoms. The third-order valence-corrected chi connectivity index (χ3v) is 4.84. The molecule has 114 valence electrons. The maximum atomic E-state index is 11.1. The first-order chi connectivity index (χ1) is 8.77. The van der Waals surface area contributed by atoms with Crippen molar-refractivity contribution in [2.24, 2.45) is 5.92 Å². The van der Waals surface area contributed by atoms with Crippen molar-refractivity contribution >= 4 is 12.4 Å². The fourth-order valence-electron chi connectivity index (χ4n) is 3.47. The minimum Gasteiger partial charge on any atom is -0.385 e. The molecule has 3 atom stereocenters. The molecule has 1 aliphatic heterocycles. The first kappa shape index (κ1) is 17.5. The van der Waals surface area contributed by atoms with Crippen molar-refractivity contribution in [3.63, 3.8) is 0 Å². The lowest BCUT2D eigenvalue weighted by molar-refractivity contribution is -0.116. The topological polar surface area (TPSA) is 23.5 Å². The molecule has 2 rings (SSSR count). The Kier molecular flexibility index (Phi) is 5.29. The molecule has 0 radical (unpaired) electrons. The first-order valence-electron chi connectivity index (χ1n) is 7.31. The van der Waals surface area contributed by atoms with Crippen LogP contribution in [0.15, 0.2) is 30.3 Å². The number of benzene rings is 1. The van der Waals surface area contributed by atoms with E-state index in [9.17, 15) is 5.11 Å². The van der Waals surface area contributed by atoms with E-state index in [1.54, 1.807) is 0 Å². The Bertz CT molecular complexity index is 428. The molecule has 0 saturated carbocycles. The van der Waals surface area contributed by atoms with E-state index < -0.39 is 5.60 Å². The van der Waals surface area contributed by atoms with Gasteiger partial charge in [-0.2, -0.15) is 0 Å². The van der Waals surface area contributed by atoms with Crippen molar-refractivity contribution < 1.29 is 5.11 Å². The van der Waals surface area contributed by atoms with Crippen molar-refractivity contribution in [2.75, 3.05) is 6.54 Å². The van der Waals surface area contributed by atoms with Crippen molar-refractivity contribution in [1.29, 1.82) is 0 Å². The van der Waals surface area contributed by atoms with E-state index in [1.165, 1.54) is 0 Å². The second-order valence-electron chi connectivity index (χ2n) is 6.93. The van der Waals surface area contributed by atoms with Gasteiger partial charge in [0.15, 0.2) is 0 Å². The third-order valence-electron chi connectivity index (χ3n) is 4.84. The van der Waals surface area contributed by atoms with Crippen molar-refractivity contribution in [2.45, 2.75) is 58.2 Å². The van der Waals surface area contributed by atoms with Gasteiger partial charge in [-0.1, -0.05) is 37.3 Å². The number of nitrogens with zero attached hydrogens (tertiary/aromatic N) is 1. The average Bonchev–Trinajstić information content (AvgIpc) is 2.35. The van der Waals surface area contributed by atoms with Crippen LogP contribution in [-0.4, -0.2) is 28.1 Å². The van der Waals surface area contributed by atoms with Gasteiger partial charge in [0, 0.05) is 24.0 Å². The van der Waals surface area contributed by atoms with Crippen LogP contribution in [0.1, 0.15) is 46.6 Å². The van der Waals surface area contributed by atoms with E-state index in [1.807, 2.05) is 18.2 Å². The van der Waals surface area contributed by atoms with Crippen LogP contribution in [0.25, 0.3) is 0 Å². The Morgan fingerprint density at radius 3 is 2.20 bits per heavy atom. The summed E-state index contributed by atoms with van der Waals surface area (Å²) in [5.41, 5.74) is 0.525. The fourth-order valence-corrected chi connectivity index (χ4v) is 3.47. The zero-order valence-corrected chi connectivity index (χ0v) is 14.1. The van der Waals surface area contributed by atoms with Gasteiger partial charge in [0.1, 0.15) is 0 Å². The summed E-state index contributed by atoms with van der Waals surface area (Å²) < 4.78 is 0. The van der Waals surface area contributed by atoms with Crippen LogP contribution in [0.4, 0.5) is 0 Å². The van der Waals surface area contributed by atoms with Crippen LogP contribution >= 0.6 is 12.4 Å². The summed E-state index contributed by atoms with van der Waals surface area (Å²) in [7, 11) is 0. The van der Waals surface area contributed by atoms with Crippen LogP contribution in [0.5, 0.6) is 0 Å². The molecule has 1 fully saturated rings. The summed E-state index contributed by atoms with van der Waals surface area (Å²) in [5, 5.41) is 11.1. The number of halogens is 1. The zero-order valence-electron chi connectivity index (χ0n) is 13.3. The van der Waals surface area contributed by atoms with Crippen molar-refractivity contribution in [1.82, 2.24) is 4.90 Å². The molecule has 1 aromatic rings. The molecule has 0 aliphatic carbocycles. The van der Waals surface area contributed by atoms with Crippen LogP contribution in [0, 0.1) is 5.92 Å². The molecule has 1 heterocycles. The third kappa shape index (κ3) is 3.03. The molecule has 0 bridgehead atoms. The molecule has 2 nitrogen and oxygen atoms in total. The quantitative estimate of drug-likeness (QED) is 0.852. The van der Waals surface area contributed by atoms with Gasteiger partial charge in [-0.25, -0.2) is 0 Å². The number of piperidine rings is 1. The van der Waals surface area contributed by atoms with E-state index in [2.05, 4.69) is 51.7 Å². The summed E-state index contributed by atoms with van der Waals surface area (Å²) in [5.74, 6) is 0.225. The zero-order chi connectivity index (χ0) is 14.3. The molecule has 1 saturated heterocycles. The van der Waals surface area contributed by atoms with Crippen molar-refractivity contribution in [3.8, 4) is 0 Å². The molecule has 1 N–H and O–H groups in total. The summed E-state index contributed by atoms with van der Waals surface area (Å²) in [4.78, 5) is 2.51. The number of aliphatic hydroxyl groups is 1. The number of hydrogen-bond donors (Lipinski definition) is 1. The minimum absolute atomic E-state index is 0. The Balaban J connectivity index is 0.00000200. The summed E-state index contributed by atoms with van der Waals surface area (Å²) >= 11 is 0. The van der Waals surface area contributed by atoms with Gasteiger partial charge < -0.3 is 5.11 Å². The molecule has 20 heavy (non-hydrogen) atoms. The highest BCUT2D eigenvalue weighted by molar-refractivity contribution is 5.85. The molecular weight excluding hydrogens is 270 g/mol. The van der Waals surface area contributed by atoms with Gasteiger partial charge in [0.2, 0.25) is 0 Å². The maximum absolute atomic E-state index is 11.1. The van der Waals surface area contributed by atoms with Gasteiger partial charge in [-0.3, -0.25) is 4.90 Å². The predicted octanol–water partition coefficient (Wildman–Crippen LogP) is 3.82. The van der Waals surface area contributed by atoms with Crippen LogP contribution in [0.3, 0.4) is 0 Å². The highest BCUT2D eigenvalue weighted by atomic mass is 35.5. The second-order valence-corrected chi connectivity index (χ2v) is 6.93. The Morgan fingerprint density at radius 2 is 1.70 bits per heavy atom. The molecule has 3 unspecified atom stereocenters. The Morgan fingerprint density at radius 1 is 1.15 bits per heavy atom. The SMILES string of the molecule is CC1C(C)C(O)(c2ccccc2)CCN1C(C)(C)C.Cl. The van der Waals surface area contributed by atoms with Crippen LogP contribution in [0.2, 0.25) is 0 Å². The Labute approximate surface area is 129 Å². The highest BCUT2D eigenvalue weighted by Gasteiger charge is 2.46. The van der Waals surface area contributed by atoms with E-state index in [0.717, 1.165) is 18.5 Å². The molecule has 1 aliphatic rings. The van der Waals surface area contributed by atoms with Gasteiger partial charge >= 0.3 is 0 Å². The lowest BCUT2D eigenvalue weighted by atomic mass is 9.72. The standard InChI is InChI=1S/C17H27NO.ClH/c1-13-14(2)18(16(3,4)5)12-11-17(13,19)15-9-7-6-8-10-15;/h6-10,13-14,19H,11-12H2,1-5H3;1H. The van der Waals surface area contributed by atoms with E-state index in [0.29, 0.717) is 6.04 Å². The van der Waals surface area contributed by atoms with Crippen LogP contribution < -0.4 is 0 Å². The summed E-state index contributed by atoms with van der Waals surface area (Å²) in [6.45, 7) is 12.1. The number of likely N-dealkylation sites (tertiary alicyclic amines) is 1. The van der Waals surface area contributed by atoms with E-state index >= 15 is 0 Å². The normalized spacial score (nSPS) is 31.7. The number of rotatable bonds is 1. The first-order valence-corrected chi connectivity index (χ1v) is 7.31. The van der Waals surface area contributed by atoms with E-state index in [-0.39, 0.29) is 23.9 Å². The van der Waals surface area contributed by atoms with Gasteiger partial charge in [0.05, 0.1) is 5.60 Å². The maximum Gasteiger partial charge on any atom is 0.0948 e. The lowest BCUT2D eigenvalue weighted by Crippen LogP contribution is -2.59. The van der Waals surface area contributed by atoms with Gasteiger partial charge in [-0.15, -0.1) is 12.4 Å². The second kappa shape index (κ2) is 6.05. The smallest absolute Gasteiger partial charge is 0.0948 e. The molecule has 0 amide bonds. The molecule has 3 heteroatoms. The minimum atomic E-state index is -0.692. The number of hydrogen-bond acceptors (Lipinski definition) is 2. The van der Waals surface area contributed by atoms with E-state index in [4.69, 9.17) is 0 Å².